The minimum absolute atomic E-state index is 0.00669. The zero-order valence-electron chi connectivity index (χ0n) is 14.0. The molecule has 1 heterocycles. The lowest BCUT2D eigenvalue weighted by atomic mass is 10.1. The Morgan fingerprint density at radius 2 is 1.61 bits per heavy atom. The van der Waals surface area contributed by atoms with Gasteiger partial charge in [-0.25, -0.2) is 12.7 Å². The van der Waals surface area contributed by atoms with Crippen LogP contribution in [0.3, 0.4) is 0 Å². The number of nitrogens with zero attached hydrogens (tertiary/aromatic N) is 2. The van der Waals surface area contributed by atoms with Crippen LogP contribution < -0.4 is 0 Å². The van der Waals surface area contributed by atoms with E-state index < -0.39 is 10.0 Å². The molecule has 1 aliphatic rings. The number of hydrogen-bond donors (Lipinski definition) is 0. The Morgan fingerprint density at radius 3 is 2.13 bits per heavy atom. The van der Waals surface area contributed by atoms with Gasteiger partial charge in [-0.15, -0.1) is 0 Å². The van der Waals surface area contributed by atoms with Crippen LogP contribution in [0.5, 0.6) is 0 Å². The Hall–Kier alpha value is -1.40. The molecule has 5 nitrogen and oxygen atoms in total. The zero-order valence-corrected chi connectivity index (χ0v) is 14.8. The molecule has 2 rings (SSSR count). The highest BCUT2D eigenvalue weighted by molar-refractivity contribution is 7.88. The molecule has 1 aliphatic heterocycles. The van der Waals surface area contributed by atoms with Crippen molar-refractivity contribution in [2.45, 2.75) is 38.9 Å². The molecule has 6 heteroatoms. The molecule has 0 radical (unpaired) electrons. The van der Waals surface area contributed by atoms with Crippen molar-refractivity contribution in [1.29, 1.82) is 0 Å². The van der Waals surface area contributed by atoms with Gasteiger partial charge >= 0.3 is 0 Å². The number of benzene rings is 1. The number of hydrogen-bond acceptors (Lipinski definition) is 3. The SMILES string of the molecule is CCN(CC)C(=O)c1ccc(CS(=O)(=O)N2CCCCC2)cc1. The van der Waals surface area contributed by atoms with Crippen LogP contribution in [0.15, 0.2) is 24.3 Å². The van der Waals surface area contributed by atoms with Crippen molar-refractivity contribution in [2.24, 2.45) is 0 Å². The summed E-state index contributed by atoms with van der Waals surface area (Å²) in [6, 6.07) is 6.94. The molecule has 1 aromatic carbocycles. The maximum Gasteiger partial charge on any atom is 0.253 e. The van der Waals surface area contributed by atoms with Gasteiger partial charge in [-0.1, -0.05) is 18.6 Å². The van der Waals surface area contributed by atoms with Gasteiger partial charge in [-0.3, -0.25) is 4.79 Å². The number of rotatable bonds is 6. The Morgan fingerprint density at radius 1 is 1.04 bits per heavy atom. The molecule has 1 fully saturated rings. The molecule has 23 heavy (non-hydrogen) atoms. The second-order valence-electron chi connectivity index (χ2n) is 5.89. The number of amides is 1. The first-order valence-corrected chi connectivity index (χ1v) is 9.95. The molecule has 0 bridgehead atoms. The van der Waals surface area contributed by atoms with Crippen LogP contribution in [-0.4, -0.2) is 49.7 Å². The molecule has 128 valence electrons. The van der Waals surface area contributed by atoms with Crippen LogP contribution in [-0.2, 0) is 15.8 Å². The molecule has 0 N–H and O–H groups in total. The predicted octanol–water partition coefficient (Wildman–Crippen LogP) is 2.48. The number of sulfonamides is 1. The molecule has 0 saturated carbocycles. The van der Waals surface area contributed by atoms with Gasteiger partial charge in [0.05, 0.1) is 5.75 Å². The van der Waals surface area contributed by atoms with Crippen molar-refractivity contribution in [1.82, 2.24) is 9.21 Å². The van der Waals surface area contributed by atoms with Gasteiger partial charge in [0, 0.05) is 31.7 Å². The smallest absolute Gasteiger partial charge is 0.253 e. The van der Waals surface area contributed by atoms with Crippen molar-refractivity contribution in [2.75, 3.05) is 26.2 Å². The summed E-state index contributed by atoms with van der Waals surface area (Å²) in [5, 5.41) is 0. The molecule has 1 saturated heterocycles. The largest absolute Gasteiger partial charge is 0.339 e. The first kappa shape index (κ1) is 17.9. The molecular formula is C17H26N2O3S. The fourth-order valence-corrected chi connectivity index (χ4v) is 4.49. The molecule has 0 unspecified atom stereocenters. The highest BCUT2D eigenvalue weighted by Gasteiger charge is 2.24. The van der Waals surface area contributed by atoms with Crippen molar-refractivity contribution in [3.05, 3.63) is 35.4 Å². The average Bonchev–Trinajstić information content (AvgIpc) is 2.57. The molecule has 1 amide bonds. The molecule has 1 aromatic rings. The van der Waals surface area contributed by atoms with Crippen LogP contribution in [0.2, 0.25) is 0 Å². The molecule has 0 atom stereocenters. The first-order valence-electron chi connectivity index (χ1n) is 8.34. The summed E-state index contributed by atoms with van der Waals surface area (Å²) in [5.41, 5.74) is 1.33. The van der Waals surface area contributed by atoms with Gasteiger partial charge in [-0.2, -0.15) is 0 Å². The van der Waals surface area contributed by atoms with Gasteiger partial charge in [0.15, 0.2) is 0 Å². The third kappa shape index (κ3) is 4.54. The van der Waals surface area contributed by atoms with Gasteiger partial charge in [-0.05, 0) is 44.4 Å². The molecular weight excluding hydrogens is 312 g/mol. The molecule has 0 aromatic heterocycles. The van der Waals surface area contributed by atoms with Crippen LogP contribution in [0.25, 0.3) is 0 Å². The van der Waals surface area contributed by atoms with E-state index in [0.29, 0.717) is 31.7 Å². The Balaban J connectivity index is 2.06. The first-order chi connectivity index (χ1) is 11.0. The molecule has 0 spiro atoms. The summed E-state index contributed by atoms with van der Waals surface area (Å²) >= 11 is 0. The zero-order chi connectivity index (χ0) is 16.9. The Kier molecular flexibility index (Phi) is 6.18. The summed E-state index contributed by atoms with van der Waals surface area (Å²) in [6.07, 6.45) is 2.99. The van der Waals surface area contributed by atoms with Crippen LogP contribution in [0.4, 0.5) is 0 Å². The van der Waals surface area contributed by atoms with E-state index in [2.05, 4.69) is 0 Å². The van der Waals surface area contributed by atoms with E-state index in [1.54, 1.807) is 33.5 Å². The maximum atomic E-state index is 12.4. The van der Waals surface area contributed by atoms with Crippen LogP contribution in [0.1, 0.15) is 49.0 Å². The maximum absolute atomic E-state index is 12.4. The van der Waals surface area contributed by atoms with Gasteiger partial charge in [0.2, 0.25) is 10.0 Å². The Bertz CT molecular complexity index is 616. The third-order valence-corrected chi connectivity index (χ3v) is 6.16. The lowest BCUT2D eigenvalue weighted by Crippen LogP contribution is -2.36. The van der Waals surface area contributed by atoms with E-state index in [9.17, 15) is 13.2 Å². The second-order valence-corrected chi connectivity index (χ2v) is 7.86. The number of carbonyl (C=O) groups is 1. The predicted molar refractivity (Wildman–Crippen MR) is 91.7 cm³/mol. The fraction of sp³-hybridized carbons (Fsp3) is 0.588. The lowest BCUT2D eigenvalue weighted by Gasteiger charge is -2.26. The lowest BCUT2D eigenvalue weighted by molar-refractivity contribution is 0.0773. The molecule has 0 aliphatic carbocycles. The van der Waals surface area contributed by atoms with E-state index in [1.165, 1.54) is 0 Å². The minimum Gasteiger partial charge on any atom is -0.339 e. The summed E-state index contributed by atoms with van der Waals surface area (Å²) in [6.45, 7) is 6.48. The summed E-state index contributed by atoms with van der Waals surface area (Å²) in [4.78, 5) is 14.0. The highest BCUT2D eigenvalue weighted by Crippen LogP contribution is 2.17. The van der Waals surface area contributed by atoms with E-state index in [1.807, 2.05) is 13.8 Å². The van der Waals surface area contributed by atoms with E-state index in [4.69, 9.17) is 0 Å². The van der Waals surface area contributed by atoms with Crippen molar-refractivity contribution < 1.29 is 13.2 Å². The van der Waals surface area contributed by atoms with E-state index in [0.717, 1.165) is 24.8 Å². The highest BCUT2D eigenvalue weighted by atomic mass is 32.2. The summed E-state index contributed by atoms with van der Waals surface area (Å²) in [7, 11) is -3.26. The fourth-order valence-electron chi connectivity index (χ4n) is 2.88. The van der Waals surface area contributed by atoms with Gasteiger partial charge < -0.3 is 4.90 Å². The minimum atomic E-state index is -3.26. The standard InChI is InChI=1S/C17H26N2O3S/c1-3-18(4-2)17(20)16-10-8-15(9-11-16)14-23(21,22)19-12-6-5-7-13-19/h8-11H,3-7,12-14H2,1-2H3. The van der Waals surface area contributed by atoms with E-state index in [-0.39, 0.29) is 11.7 Å². The summed E-state index contributed by atoms with van der Waals surface area (Å²) in [5.74, 6) is -0.00680. The van der Waals surface area contributed by atoms with Gasteiger partial charge in [0.25, 0.3) is 5.91 Å². The van der Waals surface area contributed by atoms with Crippen molar-refractivity contribution in [3.8, 4) is 0 Å². The van der Waals surface area contributed by atoms with Gasteiger partial charge in [0.1, 0.15) is 0 Å². The topological polar surface area (TPSA) is 57.7 Å². The average molecular weight is 338 g/mol. The van der Waals surface area contributed by atoms with Crippen LogP contribution >= 0.6 is 0 Å². The summed E-state index contributed by atoms with van der Waals surface area (Å²) < 4.78 is 26.4. The quantitative estimate of drug-likeness (QED) is 0.801. The number of carbonyl (C=O) groups excluding carboxylic acids is 1. The normalized spacial score (nSPS) is 16.3. The monoisotopic (exact) mass is 338 g/mol. The second kappa shape index (κ2) is 7.93. The van der Waals surface area contributed by atoms with Crippen LogP contribution in [0, 0.1) is 0 Å². The third-order valence-electron chi connectivity index (χ3n) is 4.31. The van der Waals surface area contributed by atoms with Crippen molar-refractivity contribution >= 4 is 15.9 Å². The Labute approximate surface area is 139 Å². The number of piperidine rings is 1. The van der Waals surface area contributed by atoms with E-state index >= 15 is 0 Å². The van der Waals surface area contributed by atoms with Crippen molar-refractivity contribution in [3.63, 3.8) is 0 Å².